The molecule has 0 bridgehead atoms. The van der Waals surface area contributed by atoms with Crippen LogP contribution in [0.5, 0.6) is 0 Å². The van der Waals surface area contributed by atoms with Crippen molar-refractivity contribution < 1.29 is 14.9 Å². The molecule has 0 aromatic rings. The van der Waals surface area contributed by atoms with E-state index in [1.807, 2.05) is 6.08 Å². The summed E-state index contributed by atoms with van der Waals surface area (Å²) in [5.74, 6) is 0.937. The maximum absolute atomic E-state index is 9.86. The largest absolute Gasteiger partial charge is 0.389 e. The molecule has 104 valence electrons. The molecule has 3 nitrogen and oxygen atoms in total. The predicted octanol–water partition coefficient (Wildman–Crippen LogP) is 2.62. The van der Waals surface area contributed by atoms with Crippen LogP contribution in [0.2, 0.25) is 0 Å². The van der Waals surface area contributed by atoms with Gasteiger partial charge in [0.15, 0.2) is 6.29 Å². The molecule has 1 aliphatic heterocycles. The Morgan fingerprint density at radius 1 is 1.33 bits per heavy atom. The summed E-state index contributed by atoms with van der Waals surface area (Å²) in [7, 11) is 0. The average Bonchev–Trinajstić information content (AvgIpc) is 2.86. The number of fused-ring (bicyclic) bond motifs is 1. The van der Waals surface area contributed by atoms with E-state index in [1.165, 1.54) is 12.8 Å². The first kappa shape index (κ1) is 14.0. The number of aliphatic hydroxyl groups excluding tert-OH is 2. The van der Waals surface area contributed by atoms with Crippen LogP contribution in [0.4, 0.5) is 0 Å². The molecule has 0 amide bonds. The van der Waals surface area contributed by atoms with Gasteiger partial charge in [0.05, 0.1) is 12.2 Å². The molecule has 5 atom stereocenters. The molecule has 1 saturated heterocycles. The molecule has 0 aromatic heterocycles. The van der Waals surface area contributed by atoms with E-state index in [-0.39, 0.29) is 12.2 Å². The van der Waals surface area contributed by atoms with E-state index in [2.05, 4.69) is 13.0 Å². The molecule has 0 spiro atoms. The minimum Gasteiger partial charge on any atom is -0.389 e. The Morgan fingerprint density at radius 2 is 2.17 bits per heavy atom. The first-order valence-electron chi connectivity index (χ1n) is 7.40. The first-order valence-corrected chi connectivity index (χ1v) is 7.40. The Balaban J connectivity index is 1.75. The molecular weight excluding hydrogens is 228 g/mol. The Hall–Kier alpha value is -0.380. The Kier molecular flexibility index (Phi) is 5.22. The van der Waals surface area contributed by atoms with E-state index in [1.54, 1.807) is 0 Å². The van der Waals surface area contributed by atoms with Crippen molar-refractivity contribution in [1.29, 1.82) is 0 Å². The number of unbranched alkanes of at least 4 members (excludes halogenated alkanes) is 2. The van der Waals surface area contributed by atoms with Gasteiger partial charge in [0.25, 0.3) is 0 Å². The highest BCUT2D eigenvalue weighted by molar-refractivity contribution is 5.02. The number of aliphatic hydroxyl groups is 2. The van der Waals surface area contributed by atoms with Crippen molar-refractivity contribution in [2.24, 2.45) is 11.8 Å². The predicted molar refractivity (Wildman–Crippen MR) is 71.0 cm³/mol. The van der Waals surface area contributed by atoms with Crippen molar-refractivity contribution in [3.63, 3.8) is 0 Å². The highest BCUT2D eigenvalue weighted by Crippen LogP contribution is 2.43. The van der Waals surface area contributed by atoms with Gasteiger partial charge in [-0.05, 0) is 31.1 Å². The van der Waals surface area contributed by atoms with Gasteiger partial charge in [-0.2, -0.15) is 0 Å². The number of ether oxygens (including phenoxy) is 1. The van der Waals surface area contributed by atoms with Crippen molar-refractivity contribution in [2.45, 2.75) is 70.4 Å². The van der Waals surface area contributed by atoms with E-state index in [0.29, 0.717) is 11.8 Å². The molecule has 3 heteroatoms. The van der Waals surface area contributed by atoms with Crippen molar-refractivity contribution in [3.8, 4) is 0 Å². The maximum atomic E-state index is 9.86. The van der Waals surface area contributed by atoms with Crippen molar-refractivity contribution in [2.75, 3.05) is 0 Å². The third-order valence-corrected chi connectivity index (χ3v) is 4.30. The van der Waals surface area contributed by atoms with Crippen LogP contribution in [-0.2, 0) is 4.74 Å². The third-order valence-electron chi connectivity index (χ3n) is 4.30. The van der Waals surface area contributed by atoms with Gasteiger partial charge >= 0.3 is 0 Å². The number of hydrogen-bond donors (Lipinski definition) is 2. The average molecular weight is 254 g/mol. The second kappa shape index (κ2) is 6.69. The summed E-state index contributed by atoms with van der Waals surface area (Å²) in [6.07, 6.45) is 10.8. The van der Waals surface area contributed by atoms with Gasteiger partial charge in [0, 0.05) is 6.42 Å². The SMILES string of the molecule is CCCCC[C@H](O)/C=C/[C@@H]1CC[C@@H]2OC(O)C[C@H]12. The highest BCUT2D eigenvalue weighted by atomic mass is 16.6. The van der Waals surface area contributed by atoms with Crippen molar-refractivity contribution in [3.05, 3.63) is 12.2 Å². The van der Waals surface area contributed by atoms with Gasteiger partial charge in [-0.25, -0.2) is 0 Å². The summed E-state index contributed by atoms with van der Waals surface area (Å²) >= 11 is 0. The first-order chi connectivity index (χ1) is 8.70. The highest BCUT2D eigenvalue weighted by Gasteiger charge is 2.42. The lowest BCUT2D eigenvalue weighted by molar-refractivity contribution is -0.0906. The van der Waals surface area contributed by atoms with Crippen LogP contribution in [0.25, 0.3) is 0 Å². The fraction of sp³-hybridized carbons (Fsp3) is 0.867. The minimum absolute atomic E-state index is 0.242. The van der Waals surface area contributed by atoms with Gasteiger partial charge in [0.2, 0.25) is 0 Å². The van der Waals surface area contributed by atoms with Crippen molar-refractivity contribution >= 4 is 0 Å². The lowest BCUT2D eigenvalue weighted by Crippen LogP contribution is -2.12. The topological polar surface area (TPSA) is 49.7 Å². The Labute approximate surface area is 110 Å². The van der Waals surface area contributed by atoms with Gasteiger partial charge < -0.3 is 14.9 Å². The third kappa shape index (κ3) is 3.56. The fourth-order valence-electron chi connectivity index (χ4n) is 3.26. The molecule has 2 rings (SSSR count). The summed E-state index contributed by atoms with van der Waals surface area (Å²) in [6, 6.07) is 0. The molecule has 1 saturated carbocycles. The zero-order valence-corrected chi connectivity index (χ0v) is 11.3. The van der Waals surface area contributed by atoms with E-state index in [4.69, 9.17) is 4.74 Å². The van der Waals surface area contributed by atoms with E-state index < -0.39 is 6.29 Å². The smallest absolute Gasteiger partial charge is 0.155 e. The molecule has 18 heavy (non-hydrogen) atoms. The lowest BCUT2D eigenvalue weighted by Gasteiger charge is -2.13. The van der Waals surface area contributed by atoms with Crippen LogP contribution >= 0.6 is 0 Å². The molecule has 2 N–H and O–H groups in total. The van der Waals surface area contributed by atoms with E-state index >= 15 is 0 Å². The van der Waals surface area contributed by atoms with Gasteiger partial charge in [-0.1, -0.05) is 38.3 Å². The lowest BCUT2D eigenvalue weighted by atomic mass is 9.92. The monoisotopic (exact) mass is 254 g/mol. The van der Waals surface area contributed by atoms with Crippen LogP contribution in [0, 0.1) is 11.8 Å². The van der Waals surface area contributed by atoms with Crippen molar-refractivity contribution in [1.82, 2.24) is 0 Å². The number of allylic oxidation sites excluding steroid dienone is 1. The second-order valence-electron chi connectivity index (χ2n) is 5.72. The summed E-state index contributed by atoms with van der Waals surface area (Å²) in [4.78, 5) is 0. The normalized spacial score (nSPS) is 37.3. The van der Waals surface area contributed by atoms with Gasteiger partial charge in [0.1, 0.15) is 0 Å². The number of hydrogen-bond acceptors (Lipinski definition) is 3. The Bertz CT molecular complexity index is 277. The molecule has 2 fully saturated rings. The quantitative estimate of drug-likeness (QED) is 0.566. The minimum atomic E-state index is -0.564. The summed E-state index contributed by atoms with van der Waals surface area (Å²) in [5.41, 5.74) is 0. The summed E-state index contributed by atoms with van der Waals surface area (Å²) in [5, 5.41) is 19.3. The standard InChI is InChI=1S/C15H26O3/c1-2-3-4-5-12(16)8-6-11-7-9-14-13(11)10-15(17)18-14/h6,8,11-17H,2-5,7,9-10H2,1H3/b8-6+/t11-,12+,13-,14+,15?/m1/s1. The van der Waals surface area contributed by atoms with Crippen LogP contribution in [0.15, 0.2) is 12.2 Å². The van der Waals surface area contributed by atoms with E-state index in [9.17, 15) is 10.2 Å². The zero-order valence-electron chi connectivity index (χ0n) is 11.3. The molecular formula is C15H26O3. The maximum Gasteiger partial charge on any atom is 0.155 e. The molecule has 1 unspecified atom stereocenters. The fourth-order valence-corrected chi connectivity index (χ4v) is 3.26. The zero-order chi connectivity index (χ0) is 13.0. The van der Waals surface area contributed by atoms with Crippen LogP contribution in [0.3, 0.4) is 0 Å². The molecule has 0 radical (unpaired) electrons. The van der Waals surface area contributed by atoms with Gasteiger partial charge in [-0.15, -0.1) is 0 Å². The summed E-state index contributed by atoms with van der Waals surface area (Å²) in [6.45, 7) is 2.17. The van der Waals surface area contributed by atoms with Crippen LogP contribution in [-0.4, -0.2) is 28.7 Å². The van der Waals surface area contributed by atoms with E-state index in [0.717, 1.165) is 32.1 Å². The summed E-state index contributed by atoms with van der Waals surface area (Å²) < 4.78 is 5.46. The second-order valence-corrected chi connectivity index (χ2v) is 5.72. The molecule has 0 aromatic carbocycles. The Morgan fingerprint density at radius 3 is 2.94 bits per heavy atom. The molecule has 2 aliphatic rings. The van der Waals surface area contributed by atoms with Gasteiger partial charge in [-0.3, -0.25) is 0 Å². The molecule has 1 aliphatic carbocycles. The van der Waals surface area contributed by atoms with Crippen LogP contribution in [0.1, 0.15) is 51.9 Å². The molecule has 1 heterocycles. The number of rotatable bonds is 6. The van der Waals surface area contributed by atoms with Crippen LogP contribution < -0.4 is 0 Å².